The lowest BCUT2D eigenvalue weighted by Crippen LogP contribution is -2.12. The Morgan fingerprint density at radius 3 is 2.03 bits per heavy atom. The summed E-state index contributed by atoms with van der Waals surface area (Å²) in [4.78, 5) is 0. The van der Waals surface area contributed by atoms with Crippen molar-refractivity contribution in [2.75, 3.05) is 6.61 Å². The van der Waals surface area contributed by atoms with Crippen molar-refractivity contribution in [3.8, 4) is 0 Å². The molecule has 1 aliphatic rings. The van der Waals surface area contributed by atoms with Crippen LogP contribution in [0.2, 0.25) is 0 Å². The first-order chi connectivity index (χ1) is 14.8. The van der Waals surface area contributed by atoms with Crippen molar-refractivity contribution in [3.63, 3.8) is 0 Å². The van der Waals surface area contributed by atoms with Crippen LogP contribution < -0.4 is 0 Å². The van der Waals surface area contributed by atoms with Crippen LogP contribution in [0.5, 0.6) is 0 Å². The van der Waals surface area contributed by atoms with E-state index in [1.54, 1.807) is 5.56 Å². The minimum atomic E-state index is 0.737. The van der Waals surface area contributed by atoms with Crippen molar-refractivity contribution >= 4 is 0 Å². The van der Waals surface area contributed by atoms with Crippen LogP contribution in [0.1, 0.15) is 86.5 Å². The maximum absolute atomic E-state index is 5.77. The Morgan fingerprint density at radius 1 is 0.833 bits per heavy atom. The molecule has 0 heterocycles. The molecule has 2 aromatic rings. The van der Waals surface area contributed by atoms with Crippen LogP contribution in [0.4, 0.5) is 0 Å². The molecule has 1 nitrogen and oxygen atoms in total. The molecule has 0 amide bonds. The molecule has 1 fully saturated rings. The lowest BCUT2D eigenvalue weighted by molar-refractivity contribution is 0.117. The molecule has 0 aliphatic heterocycles. The summed E-state index contributed by atoms with van der Waals surface area (Å²) in [7, 11) is 0. The van der Waals surface area contributed by atoms with Gasteiger partial charge in [0.15, 0.2) is 0 Å². The van der Waals surface area contributed by atoms with Crippen molar-refractivity contribution in [3.05, 3.63) is 83.4 Å². The summed E-state index contributed by atoms with van der Waals surface area (Å²) in [6, 6.07) is 18.4. The predicted octanol–water partition coefficient (Wildman–Crippen LogP) is 8.03. The zero-order valence-corrected chi connectivity index (χ0v) is 19.0. The minimum Gasteiger partial charge on any atom is -0.377 e. The van der Waals surface area contributed by atoms with Crippen LogP contribution in [0, 0.1) is 5.92 Å². The van der Waals surface area contributed by atoms with Gasteiger partial charge in [-0.2, -0.15) is 0 Å². The van der Waals surface area contributed by atoms with Crippen molar-refractivity contribution < 1.29 is 4.74 Å². The molecule has 1 heteroatoms. The van der Waals surface area contributed by atoms with Gasteiger partial charge in [-0.05, 0) is 85.5 Å². The molecule has 0 atom stereocenters. The van der Waals surface area contributed by atoms with E-state index in [9.17, 15) is 0 Å². The molecular formula is C29H40O. The standard InChI is InChI=1S/C29H40O/c1-3-5-6-22-30-23-27-12-10-25(11-13-27)8-9-26-16-20-29(21-17-26)28-18-14-24(7-4-2)15-19-28/h4,10-13,16-17,20-21,24,28H,2-3,5-9,14-15,18-19,22-23H2,1H3. The van der Waals surface area contributed by atoms with Crippen LogP contribution in [-0.4, -0.2) is 6.61 Å². The van der Waals surface area contributed by atoms with Crippen molar-refractivity contribution in [1.82, 2.24) is 0 Å². The third kappa shape index (κ3) is 7.43. The molecule has 0 bridgehead atoms. The fraction of sp³-hybridized carbons (Fsp3) is 0.517. The van der Waals surface area contributed by atoms with Gasteiger partial charge in [-0.15, -0.1) is 6.58 Å². The number of ether oxygens (including phenoxy) is 1. The first-order valence-electron chi connectivity index (χ1n) is 12.1. The molecule has 0 unspecified atom stereocenters. The van der Waals surface area contributed by atoms with Gasteiger partial charge in [0, 0.05) is 6.61 Å². The number of rotatable bonds is 12. The van der Waals surface area contributed by atoms with E-state index in [-0.39, 0.29) is 0 Å². The maximum atomic E-state index is 5.77. The van der Waals surface area contributed by atoms with E-state index in [4.69, 9.17) is 4.74 Å². The van der Waals surface area contributed by atoms with Gasteiger partial charge in [0.05, 0.1) is 6.61 Å². The molecule has 0 saturated heterocycles. The Bertz CT molecular complexity index is 720. The summed E-state index contributed by atoms with van der Waals surface area (Å²) in [5.74, 6) is 1.63. The predicted molar refractivity (Wildman–Crippen MR) is 129 cm³/mol. The van der Waals surface area contributed by atoms with Gasteiger partial charge in [-0.3, -0.25) is 0 Å². The molecule has 3 rings (SSSR count). The molecule has 1 saturated carbocycles. The van der Waals surface area contributed by atoms with E-state index in [2.05, 4.69) is 68.1 Å². The quantitative estimate of drug-likeness (QED) is 0.257. The second kappa shape index (κ2) is 12.7. The summed E-state index contributed by atoms with van der Waals surface area (Å²) in [5.41, 5.74) is 5.68. The summed E-state index contributed by atoms with van der Waals surface area (Å²) in [6.45, 7) is 7.74. The Kier molecular flexibility index (Phi) is 9.70. The normalized spacial score (nSPS) is 19.0. The van der Waals surface area contributed by atoms with Gasteiger partial charge in [-0.25, -0.2) is 0 Å². The molecular weight excluding hydrogens is 364 g/mol. The molecule has 30 heavy (non-hydrogen) atoms. The monoisotopic (exact) mass is 404 g/mol. The highest BCUT2D eigenvalue weighted by molar-refractivity contribution is 5.28. The average Bonchev–Trinajstić information content (AvgIpc) is 2.79. The maximum Gasteiger partial charge on any atom is 0.0716 e. The Balaban J connectivity index is 1.40. The van der Waals surface area contributed by atoms with Crippen LogP contribution in [0.15, 0.2) is 61.2 Å². The molecule has 162 valence electrons. The number of hydrogen-bond acceptors (Lipinski definition) is 1. The fourth-order valence-corrected chi connectivity index (χ4v) is 4.66. The van der Waals surface area contributed by atoms with Gasteiger partial charge in [-0.1, -0.05) is 74.4 Å². The SMILES string of the molecule is C=CCC1CCC(c2ccc(CCc3ccc(COCCCCC)cc3)cc2)CC1. The average molecular weight is 405 g/mol. The molecule has 2 aromatic carbocycles. The largest absolute Gasteiger partial charge is 0.377 e. The van der Waals surface area contributed by atoms with E-state index in [0.29, 0.717) is 0 Å². The minimum absolute atomic E-state index is 0.737. The first-order valence-corrected chi connectivity index (χ1v) is 12.1. The number of allylic oxidation sites excluding steroid dienone is 1. The van der Waals surface area contributed by atoms with Crippen LogP contribution >= 0.6 is 0 Å². The zero-order valence-electron chi connectivity index (χ0n) is 19.0. The molecule has 0 aromatic heterocycles. The van der Waals surface area contributed by atoms with E-state index < -0.39 is 0 Å². The van der Waals surface area contributed by atoms with E-state index in [1.165, 1.54) is 68.1 Å². The summed E-state index contributed by atoms with van der Waals surface area (Å²) >= 11 is 0. The van der Waals surface area contributed by atoms with Crippen LogP contribution in [0.25, 0.3) is 0 Å². The van der Waals surface area contributed by atoms with E-state index >= 15 is 0 Å². The van der Waals surface area contributed by atoms with Gasteiger partial charge in [0.25, 0.3) is 0 Å². The molecule has 0 spiro atoms. The fourth-order valence-electron chi connectivity index (χ4n) is 4.66. The molecule has 1 aliphatic carbocycles. The Labute approximate surface area is 184 Å². The third-order valence-corrected chi connectivity index (χ3v) is 6.68. The zero-order chi connectivity index (χ0) is 21.0. The summed E-state index contributed by atoms with van der Waals surface area (Å²) < 4.78 is 5.77. The molecule has 0 radical (unpaired) electrons. The van der Waals surface area contributed by atoms with Gasteiger partial charge in [0.1, 0.15) is 0 Å². The van der Waals surface area contributed by atoms with Gasteiger partial charge >= 0.3 is 0 Å². The van der Waals surface area contributed by atoms with E-state index in [0.717, 1.165) is 37.9 Å². The number of benzene rings is 2. The number of unbranched alkanes of at least 4 members (excludes halogenated alkanes) is 2. The van der Waals surface area contributed by atoms with Crippen LogP contribution in [0.3, 0.4) is 0 Å². The highest BCUT2D eigenvalue weighted by atomic mass is 16.5. The highest BCUT2D eigenvalue weighted by Crippen LogP contribution is 2.37. The second-order valence-corrected chi connectivity index (χ2v) is 9.06. The topological polar surface area (TPSA) is 9.23 Å². The molecule has 0 N–H and O–H groups in total. The van der Waals surface area contributed by atoms with Gasteiger partial charge < -0.3 is 4.74 Å². The third-order valence-electron chi connectivity index (χ3n) is 6.68. The van der Waals surface area contributed by atoms with E-state index in [1.807, 2.05) is 0 Å². The van der Waals surface area contributed by atoms with Crippen molar-refractivity contribution in [2.45, 2.75) is 83.7 Å². The number of aryl methyl sites for hydroxylation is 2. The van der Waals surface area contributed by atoms with Crippen molar-refractivity contribution in [1.29, 1.82) is 0 Å². The van der Waals surface area contributed by atoms with Crippen molar-refractivity contribution in [2.24, 2.45) is 5.92 Å². The lowest BCUT2D eigenvalue weighted by Gasteiger charge is -2.28. The Morgan fingerprint density at radius 2 is 1.43 bits per heavy atom. The van der Waals surface area contributed by atoms with Gasteiger partial charge in [0.2, 0.25) is 0 Å². The second-order valence-electron chi connectivity index (χ2n) is 9.06. The van der Waals surface area contributed by atoms with Crippen LogP contribution in [-0.2, 0) is 24.2 Å². The summed E-state index contributed by atoms with van der Waals surface area (Å²) in [5, 5.41) is 0. The Hall–Kier alpha value is -1.86. The summed E-state index contributed by atoms with van der Waals surface area (Å²) in [6.07, 6.45) is 14.6. The number of hydrogen-bond donors (Lipinski definition) is 0. The smallest absolute Gasteiger partial charge is 0.0716 e. The highest BCUT2D eigenvalue weighted by Gasteiger charge is 2.21. The lowest BCUT2D eigenvalue weighted by atomic mass is 9.77. The first kappa shape index (κ1) is 22.8.